The van der Waals surface area contributed by atoms with Gasteiger partial charge in [0.2, 0.25) is 5.89 Å². The molecule has 0 radical (unpaired) electrons. The van der Waals surface area contributed by atoms with Crippen LogP contribution in [0.3, 0.4) is 0 Å². The largest absolute Gasteiger partial charge is 0.444 e. The van der Waals surface area contributed by atoms with Crippen molar-refractivity contribution in [1.29, 1.82) is 0 Å². The van der Waals surface area contributed by atoms with Gasteiger partial charge < -0.3 is 20.0 Å². The highest BCUT2D eigenvalue weighted by Crippen LogP contribution is 2.17. The van der Waals surface area contributed by atoms with E-state index < -0.39 is 0 Å². The third-order valence-corrected chi connectivity index (χ3v) is 4.48. The van der Waals surface area contributed by atoms with Gasteiger partial charge in [-0.3, -0.25) is 4.90 Å². The van der Waals surface area contributed by atoms with Gasteiger partial charge >= 0.3 is 6.03 Å². The molecular formula is C18H25N5O2. The smallest absolute Gasteiger partial charge is 0.315 e. The van der Waals surface area contributed by atoms with E-state index in [1.165, 1.54) is 0 Å². The SMILES string of the molecule is CN1CCN(C)[C@@H](CNC(=O)NCc2coc(-c3ccccc3)n2)C1. The number of oxazole rings is 1. The number of rotatable bonds is 5. The van der Waals surface area contributed by atoms with Crippen LogP contribution in [-0.4, -0.2) is 67.1 Å². The van der Waals surface area contributed by atoms with Crippen LogP contribution in [0.2, 0.25) is 0 Å². The molecule has 1 aliphatic rings. The lowest BCUT2D eigenvalue weighted by atomic mass is 10.2. The van der Waals surface area contributed by atoms with Crippen LogP contribution in [0.5, 0.6) is 0 Å². The maximum absolute atomic E-state index is 12.0. The van der Waals surface area contributed by atoms with Gasteiger partial charge in [0.1, 0.15) is 6.26 Å². The Labute approximate surface area is 148 Å². The fourth-order valence-corrected chi connectivity index (χ4v) is 2.87. The summed E-state index contributed by atoms with van der Waals surface area (Å²) >= 11 is 0. The van der Waals surface area contributed by atoms with Gasteiger partial charge in [0.15, 0.2) is 0 Å². The van der Waals surface area contributed by atoms with E-state index in [1.54, 1.807) is 6.26 Å². The lowest BCUT2D eigenvalue weighted by Crippen LogP contribution is -2.55. The molecule has 7 heteroatoms. The highest BCUT2D eigenvalue weighted by Gasteiger charge is 2.22. The second-order valence-electron chi connectivity index (χ2n) is 6.47. The minimum atomic E-state index is -0.189. The van der Waals surface area contributed by atoms with Crippen LogP contribution in [0.25, 0.3) is 11.5 Å². The van der Waals surface area contributed by atoms with E-state index in [-0.39, 0.29) is 6.03 Å². The molecule has 0 saturated carbocycles. The number of nitrogens with one attached hydrogen (secondary N) is 2. The molecule has 0 bridgehead atoms. The molecule has 7 nitrogen and oxygen atoms in total. The van der Waals surface area contributed by atoms with Crippen molar-refractivity contribution < 1.29 is 9.21 Å². The highest BCUT2D eigenvalue weighted by molar-refractivity contribution is 5.73. The van der Waals surface area contributed by atoms with Gasteiger partial charge in [-0.1, -0.05) is 18.2 Å². The molecule has 3 rings (SSSR count). The van der Waals surface area contributed by atoms with Gasteiger partial charge in [-0.15, -0.1) is 0 Å². The zero-order valence-electron chi connectivity index (χ0n) is 14.7. The third kappa shape index (κ3) is 4.80. The molecule has 25 heavy (non-hydrogen) atoms. The standard InChI is InChI=1S/C18H25N5O2/c1-22-8-9-23(2)16(12-22)11-20-18(24)19-10-15-13-25-17(21-15)14-6-4-3-5-7-14/h3-7,13,16H,8-12H2,1-2H3,(H2,19,20,24)/t16-/m0/s1. The maximum atomic E-state index is 12.0. The number of hydrogen-bond acceptors (Lipinski definition) is 5. The summed E-state index contributed by atoms with van der Waals surface area (Å²) < 4.78 is 5.47. The van der Waals surface area contributed by atoms with Crippen LogP contribution < -0.4 is 10.6 Å². The van der Waals surface area contributed by atoms with Crippen LogP contribution >= 0.6 is 0 Å². The summed E-state index contributed by atoms with van der Waals surface area (Å²) in [4.78, 5) is 21.0. The average Bonchev–Trinajstić information content (AvgIpc) is 3.10. The first-order chi connectivity index (χ1) is 12.1. The van der Waals surface area contributed by atoms with E-state index in [0.717, 1.165) is 25.2 Å². The number of urea groups is 1. The Bertz CT molecular complexity index is 688. The maximum Gasteiger partial charge on any atom is 0.315 e. The Morgan fingerprint density at radius 2 is 2.04 bits per heavy atom. The second-order valence-corrected chi connectivity index (χ2v) is 6.47. The Hall–Kier alpha value is -2.38. The Morgan fingerprint density at radius 3 is 2.84 bits per heavy atom. The number of hydrogen-bond donors (Lipinski definition) is 2. The molecule has 2 aromatic rings. The van der Waals surface area contributed by atoms with Crippen LogP contribution in [0.15, 0.2) is 41.0 Å². The first kappa shape index (κ1) is 17.4. The molecule has 1 aromatic carbocycles. The van der Waals surface area contributed by atoms with Gasteiger partial charge in [-0.2, -0.15) is 0 Å². The van der Waals surface area contributed by atoms with Crippen molar-refractivity contribution >= 4 is 6.03 Å². The minimum absolute atomic E-state index is 0.189. The molecule has 1 fully saturated rings. The van der Waals surface area contributed by atoms with Crippen molar-refractivity contribution in [3.63, 3.8) is 0 Å². The van der Waals surface area contributed by atoms with E-state index in [4.69, 9.17) is 4.42 Å². The summed E-state index contributed by atoms with van der Waals surface area (Å²) in [5.41, 5.74) is 1.62. The van der Waals surface area contributed by atoms with Gasteiger partial charge in [0, 0.05) is 37.8 Å². The van der Waals surface area contributed by atoms with Crippen molar-refractivity contribution in [1.82, 2.24) is 25.4 Å². The molecule has 2 N–H and O–H groups in total. The summed E-state index contributed by atoms with van der Waals surface area (Å²) in [6, 6.07) is 9.84. The molecule has 0 spiro atoms. The number of amides is 2. The zero-order valence-corrected chi connectivity index (χ0v) is 14.7. The number of likely N-dealkylation sites (N-methyl/N-ethyl adjacent to an activating group) is 2. The number of nitrogens with zero attached hydrogens (tertiary/aromatic N) is 3. The molecule has 0 aliphatic carbocycles. The zero-order chi connectivity index (χ0) is 17.6. The van der Waals surface area contributed by atoms with Gasteiger partial charge in [-0.05, 0) is 26.2 Å². The van der Waals surface area contributed by atoms with Gasteiger partial charge in [-0.25, -0.2) is 9.78 Å². The number of aromatic nitrogens is 1. The van der Waals surface area contributed by atoms with Crippen LogP contribution in [-0.2, 0) is 6.54 Å². The number of carbonyl (C=O) groups is 1. The van der Waals surface area contributed by atoms with E-state index in [9.17, 15) is 4.79 Å². The molecular weight excluding hydrogens is 318 g/mol. The van der Waals surface area contributed by atoms with Crippen molar-refractivity contribution in [3.05, 3.63) is 42.3 Å². The minimum Gasteiger partial charge on any atom is -0.444 e. The fourth-order valence-electron chi connectivity index (χ4n) is 2.87. The van der Waals surface area contributed by atoms with Gasteiger partial charge in [0.05, 0.1) is 12.2 Å². The van der Waals surface area contributed by atoms with Crippen molar-refractivity contribution in [2.24, 2.45) is 0 Å². The molecule has 1 aliphatic heterocycles. The topological polar surface area (TPSA) is 73.6 Å². The van der Waals surface area contributed by atoms with Gasteiger partial charge in [0.25, 0.3) is 0 Å². The van der Waals surface area contributed by atoms with E-state index in [0.29, 0.717) is 30.7 Å². The molecule has 2 amide bonds. The van der Waals surface area contributed by atoms with Crippen molar-refractivity contribution in [3.8, 4) is 11.5 Å². The third-order valence-electron chi connectivity index (χ3n) is 4.48. The fraction of sp³-hybridized carbons (Fsp3) is 0.444. The summed E-state index contributed by atoms with van der Waals surface area (Å²) in [5, 5.41) is 5.76. The number of piperazine rings is 1. The van der Waals surface area contributed by atoms with Crippen molar-refractivity contribution in [2.45, 2.75) is 12.6 Å². The number of carbonyl (C=O) groups excluding carboxylic acids is 1. The summed E-state index contributed by atoms with van der Waals surface area (Å²) in [6.45, 7) is 4.00. The Kier molecular flexibility index (Phi) is 5.67. The first-order valence-corrected chi connectivity index (χ1v) is 8.52. The molecule has 0 unspecified atom stereocenters. The lowest BCUT2D eigenvalue weighted by molar-refractivity contribution is 0.114. The summed E-state index contributed by atoms with van der Waals surface area (Å²) in [7, 11) is 4.20. The summed E-state index contributed by atoms with van der Waals surface area (Å²) in [5.74, 6) is 0.560. The first-order valence-electron chi connectivity index (χ1n) is 8.52. The predicted octanol–water partition coefficient (Wildman–Crippen LogP) is 1.39. The van der Waals surface area contributed by atoms with Crippen molar-refractivity contribution in [2.75, 3.05) is 40.3 Å². The van der Waals surface area contributed by atoms with E-state index >= 15 is 0 Å². The average molecular weight is 343 g/mol. The summed E-state index contributed by atoms with van der Waals surface area (Å²) in [6.07, 6.45) is 1.58. The van der Waals surface area contributed by atoms with Crippen LogP contribution in [0.1, 0.15) is 5.69 Å². The predicted molar refractivity (Wildman–Crippen MR) is 96.1 cm³/mol. The van der Waals surface area contributed by atoms with Crippen LogP contribution in [0.4, 0.5) is 4.79 Å². The molecule has 2 heterocycles. The van der Waals surface area contributed by atoms with E-state index in [2.05, 4.69) is 39.5 Å². The Balaban J connectivity index is 1.44. The second kappa shape index (κ2) is 8.13. The Morgan fingerprint density at radius 1 is 1.24 bits per heavy atom. The number of benzene rings is 1. The lowest BCUT2D eigenvalue weighted by Gasteiger charge is -2.37. The quantitative estimate of drug-likeness (QED) is 0.858. The normalized spacial score (nSPS) is 18.9. The molecule has 1 saturated heterocycles. The molecule has 1 aromatic heterocycles. The van der Waals surface area contributed by atoms with E-state index in [1.807, 2.05) is 30.3 Å². The molecule has 1 atom stereocenters. The monoisotopic (exact) mass is 343 g/mol. The van der Waals surface area contributed by atoms with Crippen LogP contribution in [0, 0.1) is 0 Å². The highest BCUT2D eigenvalue weighted by atomic mass is 16.3. The molecule has 134 valence electrons.